The van der Waals surface area contributed by atoms with Crippen LogP contribution in [-0.4, -0.2) is 36.9 Å². The maximum Gasteiger partial charge on any atom is 0.230 e. The van der Waals surface area contributed by atoms with Gasteiger partial charge in [-0.05, 0) is 68.2 Å². The third kappa shape index (κ3) is 4.21. The molecule has 7 nitrogen and oxygen atoms in total. The number of nitrogens with zero attached hydrogens (tertiary/aromatic N) is 3. The molecule has 0 radical (unpaired) electrons. The van der Waals surface area contributed by atoms with Gasteiger partial charge in [0.2, 0.25) is 5.91 Å². The van der Waals surface area contributed by atoms with Crippen LogP contribution in [0.25, 0.3) is 0 Å². The number of aromatic nitrogens is 1. The number of amides is 1. The van der Waals surface area contributed by atoms with E-state index in [1.54, 1.807) is 13.3 Å². The molecule has 2 fully saturated rings. The molecular weight excluding hydrogens is 404 g/mol. The van der Waals surface area contributed by atoms with Crippen LogP contribution in [0.2, 0.25) is 0 Å². The number of carbonyl (C=O) groups excluding carboxylic acids is 1. The molecule has 0 bridgehead atoms. The summed E-state index contributed by atoms with van der Waals surface area (Å²) in [6, 6.07) is 10.5. The summed E-state index contributed by atoms with van der Waals surface area (Å²) in [4.78, 5) is 25.3. The molecule has 0 atom stereocenters. The lowest BCUT2D eigenvalue weighted by Crippen LogP contribution is -2.37. The molecule has 1 N–H and O–H groups in total. The fourth-order valence-corrected chi connectivity index (χ4v) is 5.06. The van der Waals surface area contributed by atoms with E-state index >= 15 is 0 Å². The fraction of sp³-hybridized carbons (Fsp3) is 0.480. The van der Waals surface area contributed by atoms with Crippen molar-refractivity contribution in [2.75, 3.05) is 30.5 Å². The van der Waals surface area contributed by atoms with Gasteiger partial charge < -0.3 is 19.8 Å². The highest BCUT2D eigenvalue weighted by atomic mass is 16.6. The quantitative estimate of drug-likeness (QED) is 0.705. The van der Waals surface area contributed by atoms with Crippen LogP contribution in [0.1, 0.15) is 55.6 Å². The molecule has 3 heterocycles. The summed E-state index contributed by atoms with van der Waals surface area (Å²) in [6.45, 7) is 2.12. The smallest absolute Gasteiger partial charge is 0.230 e. The lowest BCUT2D eigenvalue weighted by molar-refractivity contribution is -0.123. The van der Waals surface area contributed by atoms with E-state index in [0.717, 1.165) is 80.2 Å². The maximum absolute atomic E-state index is 13.8. The fourth-order valence-electron chi connectivity index (χ4n) is 5.06. The summed E-state index contributed by atoms with van der Waals surface area (Å²) in [5, 5.41) is 7.58. The van der Waals surface area contributed by atoms with Crippen LogP contribution in [0.3, 0.4) is 0 Å². The first-order valence-electron chi connectivity index (χ1n) is 11.6. The summed E-state index contributed by atoms with van der Waals surface area (Å²) < 4.78 is 5.56. The largest absolute Gasteiger partial charge is 0.399 e. The van der Waals surface area contributed by atoms with Gasteiger partial charge in [0, 0.05) is 30.9 Å². The number of ether oxygens (including phenoxy) is 1. The van der Waals surface area contributed by atoms with E-state index in [0.29, 0.717) is 12.5 Å². The van der Waals surface area contributed by atoms with Crippen molar-refractivity contribution >= 4 is 28.8 Å². The van der Waals surface area contributed by atoms with Crippen molar-refractivity contribution in [3.8, 4) is 0 Å². The van der Waals surface area contributed by atoms with Gasteiger partial charge in [-0.25, -0.2) is 4.98 Å². The van der Waals surface area contributed by atoms with Crippen molar-refractivity contribution in [1.29, 1.82) is 0 Å². The highest BCUT2D eigenvalue weighted by Gasteiger charge is 2.32. The number of carbonyl (C=O) groups is 1. The minimum Gasteiger partial charge on any atom is -0.399 e. The van der Waals surface area contributed by atoms with Gasteiger partial charge in [0.15, 0.2) is 0 Å². The number of hydrogen-bond acceptors (Lipinski definition) is 6. The zero-order valence-corrected chi connectivity index (χ0v) is 18.5. The Morgan fingerprint density at radius 3 is 2.78 bits per heavy atom. The molecule has 1 saturated heterocycles. The average molecular weight is 435 g/mol. The normalized spacial score (nSPS) is 21.1. The monoisotopic (exact) mass is 434 g/mol. The van der Waals surface area contributed by atoms with Gasteiger partial charge in [-0.2, -0.15) is 0 Å². The van der Waals surface area contributed by atoms with Crippen LogP contribution in [0, 0.1) is 5.92 Å². The zero-order valence-electron chi connectivity index (χ0n) is 18.5. The second kappa shape index (κ2) is 9.28. The number of nitrogens with one attached hydrogen (secondary N) is 1. The topological polar surface area (TPSA) is 76.0 Å². The van der Waals surface area contributed by atoms with E-state index in [2.05, 4.69) is 33.7 Å². The summed E-state index contributed by atoms with van der Waals surface area (Å²) in [6.07, 6.45) is 7.06. The molecule has 1 saturated carbocycles. The van der Waals surface area contributed by atoms with Crippen LogP contribution >= 0.6 is 0 Å². The first-order valence-corrected chi connectivity index (χ1v) is 11.6. The van der Waals surface area contributed by atoms with Gasteiger partial charge in [-0.15, -0.1) is 0 Å². The number of hydrogen-bond donors (Lipinski definition) is 1. The number of rotatable bonds is 3. The molecule has 0 spiro atoms. The van der Waals surface area contributed by atoms with Crippen molar-refractivity contribution in [1.82, 2.24) is 4.98 Å². The lowest BCUT2D eigenvalue weighted by Gasteiger charge is -2.31. The summed E-state index contributed by atoms with van der Waals surface area (Å²) >= 11 is 0. The molecule has 168 valence electrons. The van der Waals surface area contributed by atoms with Gasteiger partial charge >= 0.3 is 0 Å². The second-order valence-corrected chi connectivity index (χ2v) is 8.84. The molecule has 1 aromatic heterocycles. The molecule has 2 aliphatic heterocycles. The predicted octanol–water partition coefficient (Wildman–Crippen LogP) is 4.76. The van der Waals surface area contributed by atoms with Gasteiger partial charge in [0.1, 0.15) is 12.9 Å². The number of pyridine rings is 1. The Morgan fingerprint density at radius 1 is 1.19 bits per heavy atom. The first kappa shape index (κ1) is 20.9. The van der Waals surface area contributed by atoms with Gasteiger partial charge in [0.25, 0.3) is 0 Å². The maximum atomic E-state index is 13.8. The van der Waals surface area contributed by atoms with Crippen molar-refractivity contribution in [3.05, 3.63) is 47.7 Å². The van der Waals surface area contributed by atoms with E-state index in [4.69, 9.17) is 9.57 Å². The SMILES string of the molecule is CON=C1CCC(C(=O)N2Cc3cccnc3Nc3ccc(C4CCOCC4)cc32)CC1. The molecule has 2 aromatic rings. The van der Waals surface area contributed by atoms with Crippen molar-refractivity contribution < 1.29 is 14.4 Å². The Bertz CT molecular complexity index is 1010. The van der Waals surface area contributed by atoms with E-state index < -0.39 is 0 Å². The molecule has 7 heteroatoms. The lowest BCUT2D eigenvalue weighted by atomic mass is 9.86. The Hall–Kier alpha value is -2.93. The number of benzene rings is 1. The zero-order chi connectivity index (χ0) is 21.9. The minimum atomic E-state index is -0.0105. The van der Waals surface area contributed by atoms with E-state index in [9.17, 15) is 4.79 Å². The van der Waals surface area contributed by atoms with Crippen LogP contribution in [0.15, 0.2) is 41.7 Å². The Morgan fingerprint density at radius 2 is 2.00 bits per heavy atom. The highest BCUT2D eigenvalue weighted by molar-refractivity contribution is 6.00. The van der Waals surface area contributed by atoms with Gasteiger partial charge in [-0.1, -0.05) is 17.3 Å². The van der Waals surface area contributed by atoms with Gasteiger partial charge in [-0.3, -0.25) is 4.79 Å². The van der Waals surface area contributed by atoms with Crippen molar-refractivity contribution in [2.45, 2.75) is 51.0 Å². The number of fused-ring (bicyclic) bond motifs is 2. The number of anilines is 3. The molecule has 1 amide bonds. The van der Waals surface area contributed by atoms with E-state index in [1.807, 2.05) is 17.0 Å². The summed E-state index contributed by atoms with van der Waals surface area (Å²) in [7, 11) is 1.58. The third-order valence-electron chi connectivity index (χ3n) is 6.88. The molecule has 1 aliphatic carbocycles. The Balaban J connectivity index is 1.48. The Labute approximate surface area is 188 Å². The van der Waals surface area contributed by atoms with Gasteiger partial charge in [0.05, 0.1) is 23.6 Å². The first-order chi connectivity index (χ1) is 15.7. The summed E-state index contributed by atoms with van der Waals surface area (Å²) in [5.74, 6) is 1.47. The number of oxime groups is 1. The molecular formula is C25H30N4O3. The molecule has 32 heavy (non-hydrogen) atoms. The third-order valence-corrected chi connectivity index (χ3v) is 6.88. The van der Waals surface area contributed by atoms with Crippen molar-refractivity contribution in [3.63, 3.8) is 0 Å². The average Bonchev–Trinajstić information content (AvgIpc) is 3.01. The molecule has 1 aromatic carbocycles. The van der Waals surface area contributed by atoms with E-state index in [-0.39, 0.29) is 11.8 Å². The van der Waals surface area contributed by atoms with Crippen LogP contribution in [0.5, 0.6) is 0 Å². The second-order valence-electron chi connectivity index (χ2n) is 8.84. The Kier molecular flexibility index (Phi) is 6.08. The molecule has 3 aliphatic rings. The molecule has 0 unspecified atom stereocenters. The highest BCUT2D eigenvalue weighted by Crippen LogP contribution is 2.40. The van der Waals surface area contributed by atoms with Crippen LogP contribution in [0.4, 0.5) is 17.2 Å². The standard InChI is InChI=1S/C25H30N4O3/c1-31-28-21-7-4-18(5-8-21)25(30)29-16-20-3-2-12-26-24(20)27-22-9-6-19(15-23(22)29)17-10-13-32-14-11-17/h2-3,6,9,12,15,17-18H,4-5,7-8,10-11,13-14,16H2,1H3,(H,26,27). The molecule has 5 rings (SSSR count). The van der Waals surface area contributed by atoms with Crippen LogP contribution < -0.4 is 10.2 Å². The minimum absolute atomic E-state index is 0.0105. The predicted molar refractivity (Wildman–Crippen MR) is 124 cm³/mol. The summed E-state index contributed by atoms with van der Waals surface area (Å²) in [5.41, 5.74) is 5.24. The van der Waals surface area contributed by atoms with E-state index in [1.165, 1.54) is 5.56 Å². The van der Waals surface area contributed by atoms with Crippen molar-refractivity contribution in [2.24, 2.45) is 11.1 Å². The van der Waals surface area contributed by atoms with Crippen LogP contribution in [-0.2, 0) is 20.9 Å².